The smallest absolute Gasteiger partial charge is 0.311 e. The van der Waals surface area contributed by atoms with Gasteiger partial charge in [0.1, 0.15) is 0 Å². The van der Waals surface area contributed by atoms with E-state index in [2.05, 4.69) is 0 Å². The fraction of sp³-hybridized carbons (Fsp3) is 0.227. The number of carbonyl (C=O) groups is 1. The van der Waals surface area contributed by atoms with Gasteiger partial charge in [0.15, 0.2) is 0 Å². The first-order chi connectivity index (χ1) is 13.3. The lowest BCUT2D eigenvalue weighted by Gasteiger charge is -2.15. The Morgan fingerprint density at radius 3 is 2.25 bits per heavy atom. The molecule has 0 atom stereocenters. The third kappa shape index (κ3) is 3.87. The van der Waals surface area contributed by atoms with Gasteiger partial charge in [0.2, 0.25) is 0 Å². The number of carbonyl (C=O) groups excluding carboxylic acids is 1. The highest BCUT2D eigenvalue weighted by Gasteiger charge is 2.27. The molecule has 0 bridgehead atoms. The van der Waals surface area contributed by atoms with E-state index in [0.29, 0.717) is 11.4 Å². The second-order valence-electron chi connectivity index (χ2n) is 6.59. The normalized spacial score (nSPS) is 11.4. The van der Waals surface area contributed by atoms with Crippen molar-refractivity contribution in [1.29, 1.82) is 0 Å². The van der Waals surface area contributed by atoms with E-state index in [9.17, 15) is 13.2 Å². The molecule has 0 saturated carbocycles. The molecule has 0 radical (unpaired) electrons. The van der Waals surface area contributed by atoms with E-state index < -0.39 is 16.0 Å². The summed E-state index contributed by atoms with van der Waals surface area (Å²) in [6, 6.07) is 17.8. The molecule has 0 amide bonds. The van der Waals surface area contributed by atoms with Crippen molar-refractivity contribution < 1.29 is 17.9 Å². The molecule has 0 saturated heterocycles. The van der Waals surface area contributed by atoms with E-state index >= 15 is 0 Å². The quantitative estimate of drug-likeness (QED) is 0.587. The van der Waals surface area contributed by atoms with Gasteiger partial charge in [-0.1, -0.05) is 48.0 Å². The molecule has 0 aliphatic carbocycles. The predicted molar refractivity (Wildman–Crippen MR) is 109 cm³/mol. The number of ether oxygens (including phenoxy) is 1. The zero-order valence-electron chi connectivity index (χ0n) is 16.2. The first-order valence-electron chi connectivity index (χ1n) is 9.09. The Morgan fingerprint density at radius 1 is 1.00 bits per heavy atom. The maximum Gasteiger partial charge on any atom is 0.311 e. The minimum Gasteiger partial charge on any atom is -0.466 e. The molecule has 0 aliphatic rings. The van der Waals surface area contributed by atoms with Gasteiger partial charge in [-0.05, 0) is 50.1 Å². The fourth-order valence-electron chi connectivity index (χ4n) is 3.11. The lowest BCUT2D eigenvalue weighted by Crippen LogP contribution is -2.20. The Labute approximate surface area is 165 Å². The van der Waals surface area contributed by atoms with E-state index in [1.807, 2.05) is 44.2 Å². The average molecular weight is 397 g/mol. The van der Waals surface area contributed by atoms with Crippen LogP contribution in [0, 0.1) is 13.8 Å². The molecule has 3 aromatic rings. The highest BCUT2D eigenvalue weighted by atomic mass is 32.2. The molecular formula is C22H23NO4S. The maximum absolute atomic E-state index is 13.5. The van der Waals surface area contributed by atoms with Crippen molar-refractivity contribution >= 4 is 16.0 Å². The molecule has 146 valence electrons. The molecule has 0 unspecified atom stereocenters. The molecule has 5 nitrogen and oxygen atoms in total. The van der Waals surface area contributed by atoms with Crippen LogP contribution in [0.4, 0.5) is 0 Å². The third-order valence-corrected chi connectivity index (χ3v) is 6.28. The third-order valence-electron chi connectivity index (χ3n) is 4.52. The van der Waals surface area contributed by atoms with E-state index in [0.717, 1.165) is 16.7 Å². The largest absolute Gasteiger partial charge is 0.466 e. The number of aryl methyl sites for hydroxylation is 2. The average Bonchev–Trinajstić information content (AvgIpc) is 3.00. The Hall–Kier alpha value is -2.86. The van der Waals surface area contributed by atoms with Crippen molar-refractivity contribution in [2.75, 3.05) is 6.61 Å². The number of hydrogen-bond acceptors (Lipinski definition) is 4. The monoisotopic (exact) mass is 397 g/mol. The fourth-order valence-corrected chi connectivity index (χ4v) is 4.72. The van der Waals surface area contributed by atoms with Crippen LogP contribution >= 0.6 is 0 Å². The molecule has 2 aromatic carbocycles. The van der Waals surface area contributed by atoms with Gasteiger partial charge in [-0.25, -0.2) is 12.4 Å². The number of aromatic nitrogens is 1. The summed E-state index contributed by atoms with van der Waals surface area (Å²) in [5.41, 5.74) is 3.40. The van der Waals surface area contributed by atoms with Gasteiger partial charge >= 0.3 is 5.97 Å². The SMILES string of the molecule is CCOC(=O)Cc1c(C)cc(-c2ccccc2)n1S(=O)(=O)c1ccc(C)cc1. The summed E-state index contributed by atoms with van der Waals surface area (Å²) in [5, 5.41) is 0. The second kappa shape index (κ2) is 8.02. The Bertz CT molecular complexity index is 1080. The molecule has 0 N–H and O–H groups in total. The Kier molecular flexibility index (Phi) is 5.70. The van der Waals surface area contributed by atoms with Crippen LogP contribution in [0.3, 0.4) is 0 Å². The Balaban J connectivity index is 2.23. The lowest BCUT2D eigenvalue weighted by molar-refractivity contribution is -0.142. The van der Waals surface area contributed by atoms with Gasteiger partial charge < -0.3 is 4.74 Å². The lowest BCUT2D eigenvalue weighted by atomic mass is 10.1. The van der Waals surface area contributed by atoms with Gasteiger partial charge in [0.05, 0.1) is 23.6 Å². The summed E-state index contributed by atoms with van der Waals surface area (Å²) in [5.74, 6) is -0.455. The molecule has 1 heterocycles. The van der Waals surface area contributed by atoms with E-state index in [-0.39, 0.29) is 17.9 Å². The summed E-state index contributed by atoms with van der Waals surface area (Å²) in [4.78, 5) is 12.3. The Morgan fingerprint density at radius 2 is 1.64 bits per heavy atom. The topological polar surface area (TPSA) is 65.4 Å². The summed E-state index contributed by atoms with van der Waals surface area (Å²) in [6.07, 6.45) is -0.113. The molecule has 1 aromatic heterocycles. The molecule has 0 aliphatic heterocycles. The van der Waals surface area contributed by atoms with Crippen LogP contribution in [0.5, 0.6) is 0 Å². The molecule has 28 heavy (non-hydrogen) atoms. The first kappa shape index (κ1) is 19.9. The standard InChI is InChI=1S/C22H23NO4S/c1-4-27-22(24)15-20-17(3)14-21(18-8-6-5-7-9-18)23(20)28(25,26)19-12-10-16(2)11-13-19/h5-14H,4,15H2,1-3H3. The number of rotatable bonds is 6. The van der Waals surface area contributed by atoms with Gasteiger partial charge in [-0.3, -0.25) is 4.79 Å². The van der Waals surface area contributed by atoms with Gasteiger partial charge in [0, 0.05) is 5.69 Å². The van der Waals surface area contributed by atoms with E-state index in [1.54, 1.807) is 37.3 Å². The van der Waals surface area contributed by atoms with Crippen molar-refractivity contribution in [2.45, 2.75) is 32.1 Å². The van der Waals surface area contributed by atoms with Crippen molar-refractivity contribution in [3.8, 4) is 11.3 Å². The van der Waals surface area contributed by atoms with Crippen LogP contribution < -0.4 is 0 Å². The second-order valence-corrected chi connectivity index (χ2v) is 8.38. The van der Waals surface area contributed by atoms with Crippen LogP contribution in [0.15, 0.2) is 65.6 Å². The van der Waals surface area contributed by atoms with Crippen LogP contribution in [0.1, 0.15) is 23.7 Å². The zero-order valence-corrected chi connectivity index (χ0v) is 17.0. The summed E-state index contributed by atoms with van der Waals surface area (Å²) in [7, 11) is -3.90. The number of nitrogens with zero attached hydrogens (tertiary/aromatic N) is 1. The minimum atomic E-state index is -3.90. The van der Waals surface area contributed by atoms with E-state index in [4.69, 9.17) is 4.74 Å². The summed E-state index contributed by atoms with van der Waals surface area (Å²) < 4.78 is 33.4. The van der Waals surface area contributed by atoms with Gasteiger partial charge in [-0.15, -0.1) is 0 Å². The maximum atomic E-state index is 13.5. The molecule has 0 fully saturated rings. The summed E-state index contributed by atoms with van der Waals surface area (Å²) in [6.45, 7) is 5.68. The van der Waals surface area contributed by atoms with Gasteiger partial charge in [0.25, 0.3) is 10.0 Å². The summed E-state index contributed by atoms with van der Waals surface area (Å²) >= 11 is 0. The number of benzene rings is 2. The van der Waals surface area contributed by atoms with Crippen LogP contribution in [0.25, 0.3) is 11.3 Å². The highest BCUT2D eigenvalue weighted by Crippen LogP contribution is 2.31. The number of esters is 1. The van der Waals surface area contributed by atoms with Crippen molar-refractivity contribution in [3.63, 3.8) is 0 Å². The molecular weight excluding hydrogens is 374 g/mol. The zero-order chi connectivity index (χ0) is 20.3. The van der Waals surface area contributed by atoms with Crippen LogP contribution in [0.2, 0.25) is 0 Å². The number of hydrogen-bond donors (Lipinski definition) is 0. The molecule has 3 rings (SSSR count). The molecule has 6 heteroatoms. The highest BCUT2D eigenvalue weighted by molar-refractivity contribution is 7.90. The van der Waals surface area contributed by atoms with Gasteiger partial charge in [-0.2, -0.15) is 0 Å². The van der Waals surface area contributed by atoms with Crippen LogP contribution in [-0.4, -0.2) is 25.0 Å². The first-order valence-corrected chi connectivity index (χ1v) is 10.5. The van der Waals surface area contributed by atoms with E-state index in [1.165, 1.54) is 3.97 Å². The predicted octanol–water partition coefficient (Wildman–Crippen LogP) is 4.11. The van der Waals surface area contributed by atoms with Crippen molar-refractivity contribution in [2.24, 2.45) is 0 Å². The van der Waals surface area contributed by atoms with Crippen molar-refractivity contribution in [3.05, 3.63) is 77.5 Å². The minimum absolute atomic E-state index is 0.113. The molecule has 0 spiro atoms. The van der Waals surface area contributed by atoms with Crippen molar-refractivity contribution in [1.82, 2.24) is 3.97 Å². The van der Waals surface area contributed by atoms with Crippen LogP contribution in [-0.2, 0) is 26.0 Å².